The molecule has 0 heterocycles. The van der Waals surface area contributed by atoms with Gasteiger partial charge >= 0.3 is 6.36 Å². The van der Waals surface area contributed by atoms with Gasteiger partial charge in [-0.1, -0.05) is 17.7 Å². The first-order valence-electron chi connectivity index (χ1n) is 7.48. The first kappa shape index (κ1) is 19.1. The van der Waals surface area contributed by atoms with Crippen molar-refractivity contribution in [1.82, 2.24) is 10.9 Å². The van der Waals surface area contributed by atoms with Gasteiger partial charge in [-0.3, -0.25) is 20.4 Å². The molecule has 0 bridgehead atoms. The van der Waals surface area contributed by atoms with E-state index in [9.17, 15) is 22.8 Å². The predicted molar refractivity (Wildman–Crippen MR) is 88.4 cm³/mol. The standard InChI is InChI=1S/C17H16F3N3O3/c1-11-2-6-13(7-3-11)21-10-15(24)22-23-16(25)12-4-8-14(9-5-12)26-17(18,19)20/h2-9,21H,10H2,1H3,(H,22,24)(H,23,25). The van der Waals surface area contributed by atoms with Crippen LogP contribution in [0.2, 0.25) is 0 Å². The highest BCUT2D eigenvalue weighted by Gasteiger charge is 2.31. The Hall–Kier alpha value is -3.23. The molecule has 26 heavy (non-hydrogen) atoms. The molecule has 0 aliphatic heterocycles. The second-order valence-electron chi connectivity index (χ2n) is 5.29. The van der Waals surface area contributed by atoms with Gasteiger partial charge in [-0.05, 0) is 43.3 Å². The Morgan fingerprint density at radius 1 is 0.962 bits per heavy atom. The number of anilines is 1. The molecule has 0 radical (unpaired) electrons. The molecule has 0 aliphatic carbocycles. The molecule has 2 aromatic rings. The number of hydrogen-bond donors (Lipinski definition) is 3. The van der Waals surface area contributed by atoms with E-state index in [-0.39, 0.29) is 12.1 Å². The van der Waals surface area contributed by atoms with Crippen LogP contribution < -0.4 is 20.9 Å². The van der Waals surface area contributed by atoms with Crippen molar-refractivity contribution in [1.29, 1.82) is 0 Å². The molecule has 138 valence electrons. The number of amides is 2. The predicted octanol–water partition coefficient (Wildman–Crippen LogP) is 2.77. The topological polar surface area (TPSA) is 79.5 Å². The van der Waals surface area contributed by atoms with Gasteiger partial charge in [-0.25, -0.2) is 0 Å². The van der Waals surface area contributed by atoms with E-state index in [0.29, 0.717) is 0 Å². The number of halogens is 3. The summed E-state index contributed by atoms with van der Waals surface area (Å²) in [7, 11) is 0. The van der Waals surface area contributed by atoms with Crippen molar-refractivity contribution in [3.8, 4) is 5.75 Å². The third kappa shape index (κ3) is 6.34. The van der Waals surface area contributed by atoms with Crippen molar-refractivity contribution in [2.24, 2.45) is 0 Å². The zero-order chi connectivity index (χ0) is 19.2. The van der Waals surface area contributed by atoms with E-state index in [1.165, 1.54) is 0 Å². The molecule has 2 aromatic carbocycles. The van der Waals surface area contributed by atoms with Crippen LogP contribution >= 0.6 is 0 Å². The van der Waals surface area contributed by atoms with E-state index in [1.54, 1.807) is 0 Å². The molecule has 0 fully saturated rings. The maximum absolute atomic E-state index is 12.1. The lowest BCUT2D eigenvalue weighted by Crippen LogP contribution is -2.44. The van der Waals surface area contributed by atoms with Gasteiger partial charge in [0, 0.05) is 11.3 Å². The maximum atomic E-state index is 12.1. The SMILES string of the molecule is Cc1ccc(NCC(=O)NNC(=O)c2ccc(OC(F)(F)F)cc2)cc1. The van der Waals surface area contributed by atoms with Crippen molar-refractivity contribution in [2.45, 2.75) is 13.3 Å². The number of aryl methyl sites for hydroxylation is 1. The van der Waals surface area contributed by atoms with Gasteiger partial charge in [-0.2, -0.15) is 0 Å². The van der Waals surface area contributed by atoms with Gasteiger partial charge in [0.15, 0.2) is 0 Å². The molecule has 0 unspecified atom stereocenters. The highest BCUT2D eigenvalue weighted by molar-refractivity contribution is 5.95. The molecule has 2 amide bonds. The number of hydrogen-bond acceptors (Lipinski definition) is 4. The minimum absolute atomic E-state index is 0.0614. The number of carbonyl (C=O) groups is 2. The van der Waals surface area contributed by atoms with Gasteiger partial charge < -0.3 is 10.1 Å². The van der Waals surface area contributed by atoms with E-state index in [1.807, 2.05) is 31.2 Å². The molecule has 2 rings (SSSR count). The van der Waals surface area contributed by atoms with Crippen LogP contribution in [0.4, 0.5) is 18.9 Å². The maximum Gasteiger partial charge on any atom is 0.573 e. The monoisotopic (exact) mass is 367 g/mol. The van der Waals surface area contributed by atoms with E-state index in [2.05, 4.69) is 20.9 Å². The Morgan fingerprint density at radius 3 is 2.15 bits per heavy atom. The summed E-state index contributed by atoms with van der Waals surface area (Å²) in [5.74, 6) is -1.61. The van der Waals surface area contributed by atoms with E-state index in [0.717, 1.165) is 35.5 Å². The molecule has 0 saturated heterocycles. The fraction of sp³-hybridized carbons (Fsp3) is 0.176. The van der Waals surface area contributed by atoms with Gasteiger partial charge in [0.2, 0.25) is 0 Å². The van der Waals surface area contributed by atoms with Crippen molar-refractivity contribution >= 4 is 17.5 Å². The summed E-state index contributed by atoms with van der Waals surface area (Å²) in [6.07, 6.45) is -4.80. The Morgan fingerprint density at radius 2 is 1.58 bits per heavy atom. The van der Waals surface area contributed by atoms with Crippen LogP contribution in [0.25, 0.3) is 0 Å². The quantitative estimate of drug-likeness (QED) is 0.710. The molecule has 0 aliphatic rings. The van der Waals surface area contributed by atoms with Crippen LogP contribution in [0.5, 0.6) is 5.75 Å². The van der Waals surface area contributed by atoms with Crippen LogP contribution in [0.3, 0.4) is 0 Å². The zero-order valence-electron chi connectivity index (χ0n) is 13.7. The number of benzene rings is 2. The number of carbonyl (C=O) groups excluding carboxylic acids is 2. The minimum atomic E-state index is -4.80. The Balaban J connectivity index is 1.78. The number of hydrazine groups is 1. The van der Waals surface area contributed by atoms with E-state index >= 15 is 0 Å². The van der Waals surface area contributed by atoms with Crippen molar-refractivity contribution < 1.29 is 27.5 Å². The summed E-state index contributed by atoms with van der Waals surface area (Å²) in [5.41, 5.74) is 6.26. The first-order valence-corrected chi connectivity index (χ1v) is 7.48. The summed E-state index contributed by atoms with van der Waals surface area (Å²) in [6.45, 7) is 1.87. The van der Waals surface area contributed by atoms with Gasteiger partial charge in [0.1, 0.15) is 5.75 Å². The van der Waals surface area contributed by atoms with E-state index < -0.39 is 23.9 Å². The summed E-state index contributed by atoms with van der Waals surface area (Å²) in [5, 5.41) is 2.88. The number of ether oxygens (including phenoxy) is 1. The smallest absolute Gasteiger partial charge is 0.406 e. The molecule has 9 heteroatoms. The summed E-state index contributed by atoms with van der Waals surface area (Å²) in [6, 6.07) is 11.7. The second-order valence-corrected chi connectivity index (χ2v) is 5.29. The molecule has 6 nitrogen and oxygen atoms in total. The zero-order valence-corrected chi connectivity index (χ0v) is 13.7. The van der Waals surface area contributed by atoms with Gasteiger partial charge in [0.05, 0.1) is 6.54 Å². The lowest BCUT2D eigenvalue weighted by atomic mass is 10.2. The van der Waals surface area contributed by atoms with Gasteiger partial charge in [-0.15, -0.1) is 13.2 Å². The summed E-state index contributed by atoms with van der Waals surface area (Å²) < 4.78 is 39.9. The Kier molecular flexibility index (Phi) is 6.05. The fourth-order valence-corrected chi connectivity index (χ4v) is 1.90. The van der Waals surface area contributed by atoms with Crippen LogP contribution in [-0.2, 0) is 4.79 Å². The van der Waals surface area contributed by atoms with Crippen LogP contribution in [0.15, 0.2) is 48.5 Å². The molecule has 0 saturated carbocycles. The lowest BCUT2D eigenvalue weighted by molar-refractivity contribution is -0.274. The second kappa shape index (κ2) is 8.24. The van der Waals surface area contributed by atoms with Crippen LogP contribution in [0, 0.1) is 6.92 Å². The fourth-order valence-electron chi connectivity index (χ4n) is 1.90. The normalized spacial score (nSPS) is 10.8. The number of nitrogens with one attached hydrogen (secondary N) is 3. The molecular weight excluding hydrogens is 351 g/mol. The van der Waals surface area contributed by atoms with Crippen molar-refractivity contribution in [2.75, 3.05) is 11.9 Å². The average molecular weight is 367 g/mol. The van der Waals surface area contributed by atoms with Crippen LogP contribution in [0.1, 0.15) is 15.9 Å². The third-order valence-electron chi connectivity index (χ3n) is 3.17. The average Bonchev–Trinajstić information content (AvgIpc) is 2.58. The minimum Gasteiger partial charge on any atom is -0.406 e. The van der Waals surface area contributed by atoms with Crippen molar-refractivity contribution in [3.63, 3.8) is 0 Å². The third-order valence-corrected chi connectivity index (χ3v) is 3.17. The van der Waals surface area contributed by atoms with Gasteiger partial charge in [0.25, 0.3) is 11.8 Å². The summed E-state index contributed by atoms with van der Waals surface area (Å²) >= 11 is 0. The molecular formula is C17H16F3N3O3. The Labute approximate surface area is 147 Å². The number of alkyl halides is 3. The van der Waals surface area contributed by atoms with Crippen molar-refractivity contribution in [3.05, 3.63) is 59.7 Å². The van der Waals surface area contributed by atoms with E-state index in [4.69, 9.17) is 0 Å². The molecule has 3 N–H and O–H groups in total. The largest absolute Gasteiger partial charge is 0.573 e. The number of rotatable bonds is 5. The molecule has 0 atom stereocenters. The molecule has 0 spiro atoms. The lowest BCUT2D eigenvalue weighted by Gasteiger charge is -2.11. The first-order chi connectivity index (χ1) is 12.2. The summed E-state index contributed by atoms with van der Waals surface area (Å²) in [4.78, 5) is 23.5. The molecule has 0 aromatic heterocycles. The van der Waals surface area contributed by atoms with Crippen LogP contribution in [-0.4, -0.2) is 24.7 Å². The Bertz CT molecular complexity index is 760. The highest BCUT2D eigenvalue weighted by atomic mass is 19.4. The highest BCUT2D eigenvalue weighted by Crippen LogP contribution is 2.22.